The SMILES string of the molecule is CCC(=O)N1CCn2c(C3CC(F)(F)C3)nc(-c3c(C)ccc4cc(C5CCOCC5)ncc34)c2C1. The van der Waals surface area contributed by atoms with Gasteiger partial charge in [-0.15, -0.1) is 0 Å². The summed E-state index contributed by atoms with van der Waals surface area (Å²) in [5.74, 6) is -1.64. The van der Waals surface area contributed by atoms with Crippen LogP contribution in [-0.4, -0.2) is 51.0 Å². The molecular formula is C28H32F2N4O2. The van der Waals surface area contributed by atoms with Gasteiger partial charge in [0, 0.05) is 80.2 Å². The second-order valence-corrected chi connectivity index (χ2v) is 10.5. The molecule has 6 nitrogen and oxygen atoms in total. The minimum atomic E-state index is -2.62. The third-order valence-corrected chi connectivity index (χ3v) is 8.16. The van der Waals surface area contributed by atoms with E-state index in [1.165, 1.54) is 0 Å². The van der Waals surface area contributed by atoms with Crippen molar-refractivity contribution >= 4 is 16.7 Å². The molecule has 36 heavy (non-hydrogen) atoms. The molecule has 1 aromatic carbocycles. The molecule has 0 bridgehead atoms. The van der Waals surface area contributed by atoms with Crippen molar-refractivity contribution in [2.24, 2.45) is 0 Å². The van der Waals surface area contributed by atoms with E-state index in [1.54, 1.807) is 0 Å². The zero-order valence-corrected chi connectivity index (χ0v) is 20.9. The van der Waals surface area contributed by atoms with Crippen LogP contribution in [0, 0.1) is 6.92 Å². The second-order valence-electron chi connectivity index (χ2n) is 10.5. The van der Waals surface area contributed by atoms with E-state index in [9.17, 15) is 13.6 Å². The predicted octanol–water partition coefficient (Wildman–Crippen LogP) is 5.57. The van der Waals surface area contributed by atoms with Crippen molar-refractivity contribution in [1.29, 1.82) is 0 Å². The monoisotopic (exact) mass is 494 g/mol. The Morgan fingerprint density at radius 3 is 2.67 bits per heavy atom. The fourth-order valence-electron chi connectivity index (χ4n) is 6.06. The van der Waals surface area contributed by atoms with Gasteiger partial charge < -0.3 is 14.2 Å². The van der Waals surface area contributed by atoms with Crippen LogP contribution in [0.2, 0.25) is 0 Å². The van der Waals surface area contributed by atoms with Crippen LogP contribution >= 0.6 is 0 Å². The van der Waals surface area contributed by atoms with E-state index in [0.29, 0.717) is 32.0 Å². The van der Waals surface area contributed by atoms with Crippen molar-refractivity contribution in [3.63, 3.8) is 0 Å². The molecule has 8 heteroatoms. The number of fused-ring (bicyclic) bond motifs is 2. The zero-order chi connectivity index (χ0) is 25.0. The van der Waals surface area contributed by atoms with E-state index in [4.69, 9.17) is 14.7 Å². The number of aryl methyl sites for hydroxylation is 1. The number of halogens is 2. The van der Waals surface area contributed by atoms with E-state index in [-0.39, 0.29) is 24.7 Å². The van der Waals surface area contributed by atoms with Gasteiger partial charge in [0.15, 0.2) is 0 Å². The number of nitrogens with zero attached hydrogens (tertiary/aromatic N) is 4. The molecule has 2 fully saturated rings. The standard InChI is InChI=1S/C28H32F2N4O2/c1-3-24(35)33-8-9-34-23(16-33)26(32-27(34)20-13-28(29,30)14-20)25-17(2)4-5-19-12-22(31-15-21(19)25)18-6-10-36-11-7-18/h4-5,12,15,18,20H,3,6-11,13-14,16H2,1-2H3. The van der Waals surface area contributed by atoms with Crippen LogP contribution in [0.3, 0.4) is 0 Å². The molecule has 0 unspecified atom stereocenters. The van der Waals surface area contributed by atoms with Gasteiger partial charge >= 0.3 is 0 Å². The summed E-state index contributed by atoms with van der Waals surface area (Å²) < 4.78 is 35.2. The maximum absolute atomic E-state index is 13.8. The lowest BCUT2D eigenvalue weighted by molar-refractivity contribution is -0.132. The summed E-state index contributed by atoms with van der Waals surface area (Å²) in [4.78, 5) is 24.3. The molecule has 2 aromatic heterocycles. The summed E-state index contributed by atoms with van der Waals surface area (Å²) in [5, 5.41) is 2.11. The maximum Gasteiger partial charge on any atom is 0.249 e. The van der Waals surface area contributed by atoms with Gasteiger partial charge in [0.25, 0.3) is 0 Å². The highest BCUT2D eigenvalue weighted by Crippen LogP contribution is 2.49. The highest BCUT2D eigenvalue weighted by molar-refractivity contribution is 5.97. The lowest BCUT2D eigenvalue weighted by atomic mass is 9.80. The third kappa shape index (κ3) is 3.99. The number of amides is 1. The number of hydrogen-bond donors (Lipinski definition) is 0. The first-order valence-corrected chi connectivity index (χ1v) is 13.1. The summed E-state index contributed by atoms with van der Waals surface area (Å²) in [7, 11) is 0. The van der Waals surface area contributed by atoms with Gasteiger partial charge in [-0.1, -0.05) is 19.1 Å². The Hall–Kier alpha value is -2.87. The van der Waals surface area contributed by atoms with Crippen LogP contribution in [0.25, 0.3) is 22.0 Å². The van der Waals surface area contributed by atoms with E-state index < -0.39 is 5.92 Å². The Labute approximate surface area is 209 Å². The lowest BCUT2D eigenvalue weighted by Gasteiger charge is -2.36. The van der Waals surface area contributed by atoms with Crippen molar-refractivity contribution in [1.82, 2.24) is 19.4 Å². The molecule has 1 amide bonds. The molecule has 2 aliphatic heterocycles. The topological polar surface area (TPSA) is 60.2 Å². The van der Waals surface area contributed by atoms with Gasteiger partial charge in [-0.05, 0) is 36.8 Å². The minimum absolute atomic E-state index is 0.0996. The molecular weight excluding hydrogens is 462 g/mol. The normalized spacial score (nSPS) is 20.4. The molecule has 3 aliphatic rings. The Morgan fingerprint density at radius 1 is 1.17 bits per heavy atom. The van der Waals surface area contributed by atoms with Crippen molar-refractivity contribution in [3.05, 3.63) is 47.2 Å². The zero-order valence-electron chi connectivity index (χ0n) is 20.9. The highest BCUT2D eigenvalue weighted by Gasteiger charge is 2.48. The third-order valence-electron chi connectivity index (χ3n) is 8.16. The lowest BCUT2D eigenvalue weighted by Crippen LogP contribution is -2.40. The predicted molar refractivity (Wildman–Crippen MR) is 133 cm³/mol. The summed E-state index contributed by atoms with van der Waals surface area (Å²) in [6.07, 6.45) is 4.02. The van der Waals surface area contributed by atoms with Crippen molar-refractivity contribution in [3.8, 4) is 11.3 Å². The molecule has 0 spiro atoms. The van der Waals surface area contributed by atoms with Crippen molar-refractivity contribution in [2.75, 3.05) is 19.8 Å². The molecule has 1 saturated heterocycles. The van der Waals surface area contributed by atoms with Gasteiger partial charge in [-0.25, -0.2) is 13.8 Å². The smallest absolute Gasteiger partial charge is 0.249 e. The summed E-state index contributed by atoms with van der Waals surface area (Å²) >= 11 is 0. The number of alkyl halides is 2. The summed E-state index contributed by atoms with van der Waals surface area (Å²) in [5.41, 5.74) is 4.89. The average Bonchev–Trinajstić information content (AvgIpc) is 3.25. The first kappa shape index (κ1) is 23.5. The molecule has 0 atom stereocenters. The highest BCUT2D eigenvalue weighted by atomic mass is 19.3. The molecule has 6 rings (SSSR count). The largest absolute Gasteiger partial charge is 0.381 e. The fraction of sp³-hybridized carbons (Fsp3) is 0.536. The number of hydrogen-bond acceptors (Lipinski definition) is 4. The van der Waals surface area contributed by atoms with Crippen LogP contribution < -0.4 is 0 Å². The summed E-state index contributed by atoms with van der Waals surface area (Å²) in [6.45, 7) is 7.06. The van der Waals surface area contributed by atoms with Crippen LogP contribution in [0.15, 0.2) is 24.4 Å². The number of imidazole rings is 1. The molecule has 190 valence electrons. The quantitative estimate of drug-likeness (QED) is 0.476. The number of carbonyl (C=O) groups excluding carboxylic acids is 1. The van der Waals surface area contributed by atoms with Gasteiger partial charge in [-0.2, -0.15) is 0 Å². The number of ether oxygens (including phenoxy) is 1. The first-order chi connectivity index (χ1) is 17.3. The van der Waals surface area contributed by atoms with Crippen LogP contribution in [-0.2, 0) is 22.6 Å². The maximum atomic E-state index is 13.8. The van der Waals surface area contributed by atoms with E-state index in [2.05, 4.69) is 29.7 Å². The number of rotatable bonds is 4. The van der Waals surface area contributed by atoms with Crippen LogP contribution in [0.4, 0.5) is 8.78 Å². The molecule has 1 saturated carbocycles. The Bertz CT molecular complexity index is 1320. The van der Waals surface area contributed by atoms with Gasteiger partial charge in [0.1, 0.15) is 5.82 Å². The van der Waals surface area contributed by atoms with Crippen molar-refractivity contribution < 1.29 is 18.3 Å². The first-order valence-electron chi connectivity index (χ1n) is 13.1. The summed E-state index contributed by atoms with van der Waals surface area (Å²) in [6, 6.07) is 6.41. The van der Waals surface area contributed by atoms with Gasteiger partial charge in [0.2, 0.25) is 11.8 Å². The number of carbonyl (C=O) groups is 1. The van der Waals surface area contributed by atoms with Crippen LogP contribution in [0.5, 0.6) is 0 Å². The van der Waals surface area contributed by atoms with Crippen molar-refractivity contribution in [2.45, 2.75) is 76.8 Å². The Morgan fingerprint density at radius 2 is 1.94 bits per heavy atom. The minimum Gasteiger partial charge on any atom is -0.381 e. The second kappa shape index (κ2) is 8.91. The van der Waals surface area contributed by atoms with E-state index in [0.717, 1.165) is 70.9 Å². The van der Waals surface area contributed by atoms with Gasteiger partial charge in [0.05, 0.1) is 17.9 Å². The Balaban J connectivity index is 1.47. The number of aromatic nitrogens is 3. The fourth-order valence-corrected chi connectivity index (χ4v) is 6.06. The number of pyridine rings is 1. The molecule has 0 radical (unpaired) electrons. The number of benzene rings is 1. The van der Waals surface area contributed by atoms with Gasteiger partial charge in [-0.3, -0.25) is 9.78 Å². The Kier molecular flexibility index (Phi) is 5.82. The molecule has 0 N–H and O–H groups in total. The van der Waals surface area contributed by atoms with Crippen LogP contribution in [0.1, 0.15) is 73.6 Å². The van der Waals surface area contributed by atoms with E-state index >= 15 is 0 Å². The van der Waals surface area contributed by atoms with E-state index in [1.807, 2.05) is 18.0 Å². The average molecular weight is 495 g/mol. The molecule has 3 aromatic rings. The molecule has 1 aliphatic carbocycles. The molecule has 4 heterocycles.